The number of sulfonamides is 1. The molecule has 2 aromatic carbocycles. The largest absolute Gasteiger partial charge is 0.379 e. The zero-order chi connectivity index (χ0) is 14.8. The van der Waals surface area contributed by atoms with Crippen LogP contribution in [0.1, 0.15) is 18.5 Å². The molecule has 0 aliphatic heterocycles. The number of nitrogens with two attached hydrogens (primary N) is 1. The lowest BCUT2D eigenvalue weighted by Gasteiger charge is -2.16. The number of hydrogen-bond donors (Lipinski definition) is 2. The molecule has 0 spiro atoms. The van der Waals surface area contributed by atoms with Crippen molar-refractivity contribution in [1.29, 1.82) is 0 Å². The minimum Gasteiger partial charge on any atom is -0.379 e. The fraction of sp³-hybridized carbons (Fsp3) is 0.143. The van der Waals surface area contributed by atoms with Crippen LogP contribution in [0, 0.1) is 5.82 Å². The third-order valence-electron chi connectivity index (χ3n) is 2.91. The van der Waals surface area contributed by atoms with E-state index in [2.05, 4.69) is 5.32 Å². The highest BCUT2D eigenvalue weighted by atomic mass is 32.2. The van der Waals surface area contributed by atoms with E-state index < -0.39 is 10.0 Å². The van der Waals surface area contributed by atoms with E-state index in [9.17, 15) is 12.8 Å². The zero-order valence-corrected chi connectivity index (χ0v) is 11.7. The van der Waals surface area contributed by atoms with Gasteiger partial charge in [0, 0.05) is 11.7 Å². The van der Waals surface area contributed by atoms with E-state index in [1.54, 1.807) is 18.2 Å². The van der Waals surface area contributed by atoms with Crippen LogP contribution in [0.5, 0.6) is 0 Å². The molecule has 20 heavy (non-hydrogen) atoms. The Balaban J connectivity index is 2.14. The molecule has 0 saturated carbocycles. The van der Waals surface area contributed by atoms with Gasteiger partial charge in [0.15, 0.2) is 0 Å². The van der Waals surface area contributed by atoms with Crippen molar-refractivity contribution in [3.05, 3.63) is 59.9 Å². The van der Waals surface area contributed by atoms with Gasteiger partial charge in [0.1, 0.15) is 5.82 Å². The number of primary sulfonamides is 1. The number of hydrogen-bond acceptors (Lipinski definition) is 3. The van der Waals surface area contributed by atoms with Gasteiger partial charge >= 0.3 is 0 Å². The molecule has 106 valence electrons. The molecule has 0 aromatic heterocycles. The average molecular weight is 294 g/mol. The molecule has 0 fully saturated rings. The van der Waals surface area contributed by atoms with Gasteiger partial charge < -0.3 is 5.32 Å². The van der Waals surface area contributed by atoms with Crippen molar-refractivity contribution < 1.29 is 12.8 Å². The highest BCUT2D eigenvalue weighted by molar-refractivity contribution is 7.89. The summed E-state index contributed by atoms with van der Waals surface area (Å²) in [4.78, 5) is 0.0569. The topological polar surface area (TPSA) is 72.2 Å². The van der Waals surface area contributed by atoms with Gasteiger partial charge in [0.05, 0.1) is 4.90 Å². The Morgan fingerprint density at radius 3 is 2.35 bits per heavy atom. The van der Waals surface area contributed by atoms with E-state index in [1.165, 1.54) is 24.3 Å². The minimum absolute atomic E-state index is 0.0569. The fourth-order valence-corrected chi connectivity index (χ4v) is 2.37. The molecule has 3 N–H and O–H groups in total. The summed E-state index contributed by atoms with van der Waals surface area (Å²) in [7, 11) is -3.68. The van der Waals surface area contributed by atoms with Crippen molar-refractivity contribution >= 4 is 15.7 Å². The Morgan fingerprint density at radius 1 is 1.15 bits per heavy atom. The Hall–Kier alpha value is -1.92. The minimum atomic E-state index is -3.68. The van der Waals surface area contributed by atoms with Crippen molar-refractivity contribution in [3.63, 3.8) is 0 Å². The molecular formula is C14H15FN2O2S. The quantitative estimate of drug-likeness (QED) is 0.910. The van der Waals surface area contributed by atoms with Crippen LogP contribution in [0.3, 0.4) is 0 Å². The van der Waals surface area contributed by atoms with Crippen LogP contribution in [0.15, 0.2) is 53.4 Å². The third-order valence-corrected chi connectivity index (χ3v) is 3.84. The molecule has 6 heteroatoms. The van der Waals surface area contributed by atoms with Crippen molar-refractivity contribution in [2.45, 2.75) is 17.9 Å². The Kier molecular flexibility index (Phi) is 4.06. The predicted molar refractivity (Wildman–Crippen MR) is 76.3 cm³/mol. The maximum atomic E-state index is 13.1. The van der Waals surface area contributed by atoms with Crippen molar-refractivity contribution in [1.82, 2.24) is 0 Å². The predicted octanol–water partition coefficient (Wildman–Crippen LogP) is 2.65. The van der Waals surface area contributed by atoms with Crippen LogP contribution in [0.2, 0.25) is 0 Å². The molecule has 1 atom stereocenters. The number of rotatable bonds is 4. The number of nitrogens with one attached hydrogen (secondary N) is 1. The normalized spacial score (nSPS) is 12.9. The Bertz CT molecular complexity index is 699. The molecular weight excluding hydrogens is 279 g/mol. The molecule has 0 saturated heterocycles. The van der Waals surface area contributed by atoms with Crippen LogP contribution in [0.4, 0.5) is 10.1 Å². The van der Waals surface area contributed by atoms with Gasteiger partial charge in [-0.05, 0) is 48.9 Å². The Labute approximate surface area is 117 Å². The second-order valence-electron chi connectivity index (χ2n) is 4.49. The van der Waals surface area contributed by atoms with Gasteiger partial charge in [-0.3, -0.25) is 0 Å². The van der Waals surface area contributed by atoms with Gasteiger partial charge in [-0.15, -0.1) is 0 Å². The van der Waals surface area contributed by atoms with E-state index in [1.807, 2.05) is 13.0 Å². The fourth-order valence-electron chi connectivity index (χ4n) is 1.85. The van der Waals surface area contributed by atoms with Crippen molar-refractivity contribution in [2.75, 3.05) is 5.32 Å². The number of benzene rings is 2. The van der Waals surface area contributed by atoms with Crippen molar-refractivity contribution in [3.8, 4) is 0 Å². The molecule has 0 amide bonds. The lowest BCUT2D eigenvalue weighted by Crippen LogP contribution is -2.12. The van der Waals surface area contributed by atoms with E-state index in [0.29, 0.717) is 0 Å². The maximum absolute atomic E-state index is 13.1. The van der Waals surface area contributed by atoms with Crippen LogP contribution in [-0.2, 0) is 10.0 Å². The van der Waals surface area contributed by atoms with Gasteiger partial charge in [-0.2, -0.15) is 0 Å². The van der Waals surface area contributed by atoms with E-state index in [4.69, 9.17) is 5.14 Å². The van der Waals surface area contributed by atoms with Crippen LogP contribution in [0.25, 0.3) is 0 Å². The Morgan fingerprint density at radius 2 is 1.80 bits per heavy atom. The van der Waals surface area contributed by atoms with E-state index in [0.717, 1.165) is 11.3 Å². The van der Waals surface area contributed by atoms with E-state index in [-0.39, 0.29) is 16.8 Å². The molecule has 0 aliphatic carbocycles. The molecule has 2 rings (SSSR count). The zero-order valence-electron chi connectivity index (χ0n) is 10.9. The van der Waals surface area contributed by atoms with Gasteiger partial charge in [-0.25, -0.2) is 17.9 Å². The first kappa shape index (κ1) is 14.5. The summed E-state index contributed by atoms with van der Waals surface area (Å²) in [6, 6.07) is 12.3. The summed E-state index contributed by atoms with van der Waals surface area (Å²) in [6.45, 7) is 1.89. The first-order chi connectivity index (χ1) is 9.36. The molecule has 1 unspecified atom stereocenters. The monoisotopic (exact) mass is 294 g/mol. The second-order valence-corrected chi connectivity index (χ2v) is 6.05. The summed E-state index contributed by atoms with van der Waals surface area (Å²) < 4.78 is 35.4. The van der Waals surface area contributed by atoms with Gasteiger partial charge in [-0.1, -0.05) is 12.1 Å². The highest BCUT2D eigenvalue weighted by Crippen LogP contribution is 2.20. The molecule has 0 aliphatic rings. The summed E-state index contributed by atoms with van der Waals surface area (Å²) in [6.07, 6.45) is 0. The smallest absolute Gasteiger partial charge is 0.238 e. The molecule has 4 nitrogen and oxygen atoms in total. The van der Waals surface area contributed by atoms with E-state index >= 15 is 0 Å². The number of halogens is 1. The highest BCUT2D eigenvalue weighted by Gasteiger charge is 2.09. The lowest BCUT2D eigenvalue weighted by molar-refractivity contribution is 0.598. The standard InChI is InChI=1S/C14H15FN2O2S/c1-10(11-3-2-4-12(15)9-11)17-13-5-7-14(8-6-13)20(16,18)19/h2-10,17H,1H3,(H2,16,18,19). The SMILES string of the molecule is CC(Nc1ccc(S(N)(=O)=O)cc1)c1cccc(F)c1. The summed E-state index contributed by atoms with van der Waals surface area (Å²) >= 11 is 0. The molecule has 2 aromatic rings. The van der Waals surface area contributed by atoms with Crippen LogP contribution >= 0.6 is 0 Å². The van der Waals surface area contributed by atoms with Gasteiger partial charge in [0.2, 0.25) is 10.0 Å². The lowest BCUT2D eigenvalue weighted by atomic mass is 10.1. The summed E-state index contributed by atoms with van der Waals surface area (Å²) in [5.74, 6) is -0.291. The molecule has 0 heterocycles. The van der Waals surface area contributed by atoms with Gasteiger partial charge in [0.25, 0.3) is 0 Å². The van der Waals surface area contributed by atoms with Crippen molar-refractivity contribution in [2.24, 2.45) is 5.14 Å². The number of anilines is 1. The van der Waals surface area contributed by atoms with Crippen LogP contribution in [-0.4, -0.2) is 8.42 Å². The summed E-state index contributed by atoms with van der Waals surface area (Å²) in [5, 5.41) is 8.19. The maximum Gasteiger partial charge on any atom is 0.238 e. The summed E-state index contributed by atoms with van der Waals surface area (Å²) in [5.41, 5.74) is 1.54. The first-order valence-electron chi connectivity index (χ1n) is 6.01. The first-order valence-corrected chi connectivity index (χ1v) is 7.56. The third kappa shape index (κ3) is 3.55. The average Bonchev–Trinajstić information content (AvgIpc) is 2.38. The van der Waals surface area contributed by atoms with Crippen LogP contribution < -0.4 is 10.5 Å². The molecule has 0 bridgehead atoms. The second kappa shape index (κ2) is 5.60. The molecule has 0 radical (unpaired) electrons.